The lowest BCUT2D eigenvalue weighted by molar-refractivity contribution is 0.0988. The molecule has 0 unspecified atom stereocenters. The van der Waals surface area contributed by atoms with Crippen molar-refractivity contribution in [1.29, 1.82) is 0 Å². The Kier molecular flexibility index (Phi) is 2.40. The molecule has 0 saturated carbocycles. The Hall–Kier alpha value is -2.24. The number of para-hydroxylation sites is 1. The van der Waals surface area contributed by atoms with Crippen molar-refractivity contribution >= 4 is 5.78 Å². The largest absolute Gasteiger partial charge is 0.507 e. The van der Waals surface area contributed by atoms with Crippen LogP contribution in [0.5, 0.6) is 5.75 Å². The van der Waals surface area contributed by atoms with E-state index in [2.05, 4.69) is 20.6 Å². The third kappa shape index (κ3) is 1.98. The standard InChI is InChI=1S/C9H8N4O2/c14-7-4-2-1-3-6(7)8(15)5-9-10-12-13-11-9/h1-4H,5H2,(H2,10,11,12,13,14,15)/p-1. The monoisotopic (exact) mass is 203 g/mol. The second kappa shape index (κ2) is 3.87. The molecular weight excluding hydrogens is 196 g/mol. The third-order valence-corrected chi connectivity index (χ3v) is 1.88. The Balaban J connectivity index is 2.19. The van der Waals surface area contributed by atoms with Gasteiger partial charge in [0.25, 0.3) is 0 Å². The number of ketones is 1. The lowest BCUT2D eigenvalue weighted by Gasteiger charge is -2.02. The zero-order chi connectivity index (χ0) is 10.7. The van der Waals surface area contributed by atoms with Gasteiger partial charge in [-0.1, -0.05) is 12.1 Å². The van der Waals surface area contributed by atoms with Gasteiger partial charge in [-0.05, 0) is 12.1 Å². The molecule has 76 valence electrons. The van der Waals surface area contributed by atoms with Gasteiger partial charge >= 0.3 is 0 Å². The van der Waals surface area contributed by atoms with E-state index in [4.69, 9.17) is 0 Å². The fraction of sp³-hybridized carbons (Fsp3) is 0.111. The molecule has 2 rings (SSSR count). The number of aromatic nitrogens is 4. The molecule has 6 heteroatoms. The highest BCUT2D eigenvalue weighted by molar-refractivity contribution is 5.99. The molecule has 1 N–H and O–H groups in total. The van der Waals surface area contributed by atoms with E-state index >= 15 is 0 Å². The van der Waals surface area contributed by atoms with Crippen molar-refractivity contribution in [2.75, 3.05) is 0 Å². The molecule has 0 amide bonds. The van der Waals surface area contributed by atoms with E-state index in [9.17, 15) is 9.90 Å². The number of nitrogens with zero attached hydrogens (tertiary/aromatic N) is 4. The second-order valence-electron chi connectivity index (χ2n) is 2.91. The molecule has 0 aliphatic rings. The van der Waals surface area contributed by atoms with E-state index < -0.39 is 0 Å². The van der Waals surface area contributed by atoms with Crippen LogP contribution in [-0.2, 0) is 6.42 Å². The second-order valence-corrected chi connectivity index (χ2v) is 2.91. The van der Waals surface area contributed by atoms with Crippen LogP contribution in [0.2, 0.25) is 0 Å². The molecule has 0 aliphatic heterocycles. The average Bonchev–Trinajstić information content (AvgIpc) is 2.71. The smallest absolute Gasteiger partial charge is 0.171 e. The van der Waals surface area contributed by atoms with Gasteiger partial charge < -0.3 is 10.2 Å². The average molecular weight is 203 g/mol. The topological polar surface area (TPSA) is 90.1 Å². The maximum Gasteiger partial charge on any atom is 0.171 e. The highest BCUT2D eigenvalue weighted by Gasteiger charge is 2.10. The predicted octanol–water partition coefficient (Wildman–Crippen LogP) is -0.0402. The van der Waals surface area contributed by atoms with E-state index in [0.717, 1.165) is 0 Å². The van der Waals surface area contributed by atoms with Crippen molar-refractivity contribution in [2.24, 2.45) is 0 Å². The number of Topliss-reactive ketones (excluding diaryl/α,β-unsaturated/α-hetero) is 1. The lowest BCUT2D eigenvalue weighted by Crippen LogP contribution is -2.06. The van der Waals surface area contributed by atoms with Gasteiger partial charge in [0, 0.05) is 12.2 Å². The summed E-state index contributed by atoms with van der Waals surface area (Å²) in [4.78, 5) is 11.6. The van der Waals surface area contributed by atoms with E-state index in [1.54, 1.807) is 18.2 Å². The highest BCUT2D eigenvalue weighted by Crippen LogP contribution is 2.16. The number of benzene rings is 1. The summed E-state index contributed by atoms with van der Waals surface area (Å²) < 4.78 is 0. The Labute approximate surface area is 84.9 Å². The molecule has 15 heavy (non-hydrogen) atoms. The summed E-state index contributed by atoms with van der Waals surface area (Å²) in [6, 6.07) is 6.32. The van der Waals surface area contributed by atoms with Crippen LogP contribution in [-0.4, -0.2) is 26.4 Å². The molecule has 0 radical (unpaired) electrons. The van der Waals surface area contributed by atoms with Crippen LogP contribution >= 0.6 is 0 Å². The van der Waals surface area contributed by atoms with Crippen LogP contribution in [0.3, 0.4) is 0 Å². The lowest BCUT2D eigenvalue weighted by atomic mass is 10.1. The molecule has 2 aromatic rings. The number of rotatable bonds is 3. The number of tetrazole rings is 1. The number of aromatic hydroxyl groups is 1. The number of carbonyl (C=O) groups excluding carboxylic acids is 1. The molecule has 0 atom stereocenters. The minimum absolute atomic E-state index is 0.00935. The van der Waals surface area contributed by atoms with Crippen molar-refractivity contribution in [3.05, 3.63) is 35.7 Å². The van der Waals surface area contributed by atoms with Crippen LogP contribution in [0.1, 0.15) is 16.2 Å². The Bertz CT molecular complexity index is 467. The fourth-order valence-electron chi connectivity index (χ4n) is 1.18. The SMILES string of the molecule is O=C(Cc1nnn[n-]1)c1ccccc1O. The Morgan fingerprint density at radius 2 is 2.20 bits per heavy atom. The van der Waals surface area contributed by atoms with Gasteiger partial charge in [0.15, 0.2) is 5.78 Å². The molecule has 1 aromatic heterocycles. The van der Waals surface area contributed by atoms with Gasteiger partial charge in [-0.2, -0.15) is 5.21 Å². The summed E-state index contributed by atoms with van der Waals surface area (Å²) in [5, 5.41) is 23.0. The first kappa shape index (κ1) is 9.32. The molecule has 0 bridgehead atoms. The van der Waals surface area contributed by atoms with Gasteiger partial charge in [0.1, 0.15) is 5.75 Å². The molecule has 6 nitrogen and oxygen atoms in total. The number of phenolic OH excluding ortho intramolecular Hbond substituents is 1. The van der Waals surface area contributed by atoms with Crippen molar-refractivity contribution in [3.63, 3.8) is 0 Å². The summed E-state index contributed by atoms with van der Waals surface area (Å²) in [5.74, 6) is -0.0545. The Morgan fingerprint density at radius 1 is 1.40 bits per heavy atom. The first-order valence-corrected chi connectivity index (χ1v) is 4.26. The maximum absolute atomic E-state index is 11.6. The number of phenols is 1. The summed E-state index contributed by atoms with van der Waals surface area (Å²) in [5.41, 5.74) is 0.252. The predicted molar refractivity (Wildman–Crippen MR) is 49.3 cm³/mol. The first-order valence-electron chi connectivity index (χ1n) is 4.26. The summed E-state index contributed by atoms with van der Waals surface area (Å²) in [6.07, 6.45) is -0.00935. The van der Waals surface area contributed by atoms with Crippen LogP contribution in [0.4, 0.5) is 0 Å². The summed E-state index contributed by atoms with van der Waals surface area (Å²) in [6.45, 7) is 0. The highest BCUT2D eigenvalue weighted by atomic mass is 16.3. The number of hydrogen-bond donors (Lipinski definition) is 1. The van der Waals surface area contributed by atoms with Gasteiger partial charge in [-0.25, -0.2) is 0 Å². The van der Waals surface area contributed by atoms with E-state index in [1.165, 1.54) is 6.07 Å². The van der Waals surface area contributed by atoms with Gasteiger partial charge in [0.2, 0.25) is 0 Å². The molecule has 0 aliphatic carbocycles. The minimum Gasteiger partial charge on any atom is -0.507 e. The van der Waals surface area contributed by atoms with E-state index in [0.29, 0.717) is 0 Å². The van der Waals surface area contributed by atoms with Gasteiger partial charge in [-0.3, -0.25) is 15.1 Å². The van der Waals surface area contributed by atoms with E-state index in [-0.39, 0.29) is 29.3 Å². The van der Waals surface area contributed by atoms with Crippen molar-refractivity contribution < 1.29 is 9.90 Å². The fourth-order valence-corrected chi connectivity index (χ4v) is 1.18. The van der Waals surface area contributed by atoms with Gasteiger partial charge in [0.05, 0.1) is 5.56 Å². The zero-order valence-corrected chi connectivity index (χ0v) is 7.66. The number of carbonyl (C=O) groups is 1. The molecule has 0 spiro atoms. The third-order valence-electron chi connectivity index (χ3n) is 1.88. The molecule has 1 aromatic carbocycles. The van der Waals surface area contributed by atoms with Crippen molar-refractivity contribution in [2.45, 2.75) is 6.42 Å². The van der Waals surface area contributed by atoms with Crippen LogP contribution in [0, 0.1) is 0 Å². The molecule has 0 saturated heterocycles. The van der Waals surface area contributed by atoms with E-state index in [1.807, 2.05) is 0 Å². The zero-order valence-electron chi connectivity index (χ0n) is 7.66. The van der Waals surface area contributed by atoms with Crippen molar-refractivity contribution in [1.82, 2.24) is 20.6 Å². The van der Waals surface area contributed by atoms with Gasteiger partial charge in [-0.15, -0.1) is 0 Å². The maximum atomic E-state index is 11.6. The Morgan fingerprint density at radius 3 is 2.87 bits per heavy atom. The van der Waals surface area contributed by atoms with Crippen LogP contribution < -0.4 is 5.10 Å². The van der Waals surface area contributed by atoms with Crippen molar-refractivity contribution in [3.8, 4) is 5.75 Å². The molecule has 0 fully saturated rings. The quantitative estimate of drug-likeness (QED) is 0.704. The number of hydrogen-bond acceptors (Lipinski definition) is 5. The summed E-state index contributed by atoms with van der Waals surface area (Å²) >= 11 is 0. The minimum atomic E-state index is -0.261. The van der Waals surface area contributed by atoms with Crippen LogP contribution in [0.25, 0.3) is 0 Å². The molecule has 1 heterocycles. The first-order chi connectivity index (χ1) is 7.27. The molecular formula is C9H7N4O2-. The summed E-state index contributed by atoms with van der Waals surface area (Å²) in [7, 11) is 0. The van der Waals surface area contributed by atoms with Crippen LogP contribution in [0.15, 0.2) is 24.3 Å². The normalized spacial score (nSPS) is 10.1.